The molecule has 2 atom stereocenters. The number of aromatic hydroxyl groups is 1. The van der Waals surface area contributed by atoms with Gasteiger partial charge < -0.3 is 25.5 Å². The van der Waals surface area contributed by atoms with E-state index >= 15 is 0 Å². The molecule has 0 saturated carbocycles. The van der Waals surface area contributed by atoms with Gasteiger partial charge in [-0.3, -0.25) is 4.79 Å². The molecule has 0 aliphatic carbocycles. The minimum absolute atomic E-state index is 0.0839. The molecule has 2 aliphatic heterocycles. The van der Waals surface area contributed by atoms with Crippen LogP contribution in [0.25, 0.3) is 0 Å². The van der Waals surface area contributed by atoms with Crippen molar-refractivity contribution < 1.29 is 9.90 Å². The van der Waals surface area contributed by atoms with Crippen LogP contribution in [0.2, 0.25) is 0 Å². The smallest absolute Gasteiger partial charge is 0.237 e. The van der Waals surface area contributed by atoms with Crippen LogP contribution < -0.4 is 10.6 Å². The summed E-state index contributed by atoms with van der Waals surface area (Å²) in [5.41, 5.74) is 2.22. The molecule has 1 aromatic rings. The topological polar surface area (TPSA) is 67.8 Å². The van der Waals surface area contributed by atoms with Gasteiger partial charge >= 0.3 is 0 Å². The summed E-state index contributed by atoms with van der Waals surface area (Å²) in [7, 11) is 4.32. The van der Waals surface area contributed by atoms with Gasteiger partial charge in [0, 0.05) is 25.2 Å². The maximum atomic E-state index is 12.9. The van der Waals surface area contributed by atoms with E-state index < -0.39 is 0 Å². The highest BCUT2D eigenvalue weighted by molar-refractivity contribution is 5.82. The molecule has 1 saturated heterocycles. The van der Waals surface area contributed by atoms with Gasteiger partial charge in [0.05, 0.1) is 6.04 Å². The molecule has 3 rings (SSSR count). The summed E-state index contributed by atoms with van der Waals surface area (Å²) in [6.07, 6.45) is 3.06. The summed E-state index contributed by atoms with van der Waals surface area (Å²) in [5.74, 6) is 0.755. The molecular formula is C22H36N4O2. The van der Waals surface area contributed by atoms with Crippen LogP contribution in [0.15, 0.2) is 18.2 Å². The average Bonchev–Trinajstić information content (AvgIpc) is 2.67. The Bertz CT molecular complexity index is 669. The van der Waals surface area contributed by atoms with Gasteiger partial charge in [0.1, 0.15) is 5.75 Å². The average molecular weight is 389 g/mol. The van der Waals surface area contributed by atoms with Crippen LogP contribution in [0.5, 0.6) is 5.75 Å². The van der Waals surface area contributed by atoms with Crippen LogP contribution in [0.3, 0.4) is 0 Å². The maximum absolute atomic E-state index is 12.9. The zero-order valence-electron chi connectivity index (χ0n) is 17.7. The highest BCUT2D eigenvalue weighted by atomic mass is 16.3. The minimum Gasteiger partial charge on any atom is -0.508 e. The Morgan fingerprint density at radius 3 is 2.64 bits per heavy atom. The van der Waals surface area contributed by atoms with Gasteiger partial charge in [0.25, 0.3) is 0 Å². The van der Waals surface area contributed by atoms with Crippen molar-refractivity contribution in [3.63, 3.8) is 0 Å². The molecule has 1 amide bonds. The summed E-state index contributed by atoms with van der Waals surface area (Å²) >= 11 is 0. The number of nitrogens with zero attached hydrogens (tertiary/aromatic N) is 2. The van der Waals surface area contributed by atoms with Crippen molar-refractivity contribution in [1.29, 1.82) is 0 Å². The van der Waals surface area contributed by atoms with Gasteiger partial charge in [-0.05, 0) is 75.6 Å². The molecule has 28 heavy (non-hydrogen) atoms. The molecule has 0 spiro atoms. The summed E-state index contributed by atoms with van der Waals surface area (Å²) in [4.78, 5) is 17.7. The van der Waals surface area contributed by atoms with E-state index in [2.05, 4.69) is 48.4 Å². The van der Waals surface area contributed by atoms with Gasteiger partial charge in [-0.2, -0.15) is 0 Å². The first kappa shape index (κ1) is 21.1. The molecule has 1 aromatic carbocycles. The largest absolute Gasteiger partial charge is 0.508 e. The number of phenols is 1. The minimum atomic E-state index is -0.210. The normalized spacial score (nSPS) is 22.3. The van der Waals surface area contributed by atoms with E-state index in [1.807, 2.05) is 6.07 Å². The van der Waals surface area contributed by atoms with Crippen molar-refractivity contribution in [3.8, 4) is 5.75 Å². The fourth-order valence-electron chi connectivity index (χ4n) is 4.29. The lowest BCUT2D eigenvalue weighted by Crippen LogP contribution is -2.55. The number of piperidine rings is 1. The van der Waals surface area contributed by atoms with E-state index in [4.69, 9.17) is 0 Å². The Hall–Kier alpha value is -1.63. The molecule has 6 nitrogen and oxygen atoms in total. The number of fused-ring (bicyclic) bond motifs is 1. The van der Waals surface area contributed by atoms with Crippen LogP contribution in [0, 0.1) is 5.92 Å². The first-order valence-electron chi connectivity index (χ1n) is 10.6. The third-order valence-electron chi connectivity index (χ3n) is 6.34. The Morgan fingerprint density at radius 1 is 1.29 bits per heavy atom. The highest BCUT2D eigenvalue weighted by Gasteiger charge is 2.29. The van der Waals surface area contributed by atoms with Gasteiger partial charge in [0.2, 0.25) is 5.91 Å². The van der Waals surface area contributed by atoms with E-state index in [0.717, 1.165) is 30.8 Å². The Kier molecular flexibility index (Phi) is 6.96. The van der Waals surface area contributed by atoms with Gasteiger partial charge in [-0.25, -0.2) is 0 Å². The molecular weight excluding hydrogens is 352 g/mol. The van der Waals surface area contributed by atoms with Crippen LogP contribution in [0.1, 0.15) is 37.8 Å². The number of phenolic OH excluding ortho intramolecular Hbond substituents is 1. The van der Waals surface area contributed by atoms with Crippen LogP contribution >= 0.6 is 0 Å². The lowest BCUT2D eigenvalue weighted by molar-refractivity contribution is -0.124. The third-order valence-corrected chi connectivity index (χ3v) is 6.34. The number of nitrogens with one attached hydrogen (secondary N) is 2. The first-order chi connectivity index (χ1) is 13.3. The molecule has 6 heteroatoms. The summed E-state index contributed by atoms with van der Waals surface area (Å²) in [5, 5.41) is 16.3. The van der Waals surface area contributed by atoms with Crippen LogP contribution in [-0.2, 0) is 17.8 Å². The van der Waals surface area contributed by atoms with Gasteiger partial charge in [-0.15, -0.1) is 0 Å². The predicted octanol–water partition coefficient (Wildman–Crippen LogP) is 1.57. The molecule has 0 bridgehead atoms. The number of amides is 1. The van der Waals surface area contributed by atoms with Crippen molar-refractivity contribution in [1.82, 2.24) is 20.4 Å². The molecule has 3 N–H and O–H groups in total. The van der Waals surface area contributed by atoms with Crippen molar-refractivity contribution >= 4 is 5.91 Å². The molecule has 2 aliphatic rings. The zero-order chi connectivity index (χ0) is 20.3. The fourth-order valence-corrected chi connectivity index (χ4v) is 4.29. The monoisotopic (exact) mass is 388 g/mol. The number of hydrogen-bond donors (Lipinski definition) is 3. The number of benzene rings is 1. The van der Waals surface area contributed by atoms with Crippen molar-refractivity contribution in [2.75, 3.05) is 33.7 Å². The van der Waals surface area contributed by atoms with E-state index in [-0.39, 0.29) is 23.7 Å². The number of carbonyl (C=O) groups is 1. The highest BCUT2D eigenvalue weighted by Crippen LogP contribution is 2.22. The predicted molar refractivity (Wildman–Crippen MR) is 112 cm³/mol. The van der Waals surface area contributed by atoms with E-state index in [1.165, 1.54) is 12.8 Å². The van der Waals surface area contributed by atoms with Crippen molar-refractivity contribution in [3.05, 3.63) is 29.3 Å². The maximum Gasteiger partial charge on any atom is 0.237 e. The van der Waals surface area contributed by atoms with Crippen LogP contribution in [-0.4, -0.2) is 72.7 Å². The SMILES string of the molecule is CC(C)[C@@H](CN1CCC(N(C)C)CC1)NC(=O)[C@H]1Cc2ccc(O)cc2CN1. The number of hydrogen-bond acceptors (Lipinski definition) is 5. The summed E-state index contributed by atoms with van der Waals surface area (Å²) < 4.78 is 0. The number of rotatable bonds is 6. The number of likely N-dealkylation sites (tertiary alicyclic amines) is 1. The van der Waals surface area contributed by atoms with Gasteiger partial charge in [0.15, 0.2) is 0 Å². The number of carbonyl (C=O) groups excluding carboxylic acids is 1. The fraction of sp³-hybridized carbons (Fsp3) is 0.682. The lowest BCUT2D eigenvalue weighted by Gasteiger charge is -2.38. The first-order valence-corrected chi connectivity index (χ1v) is 10.6. The third kappa shape index (κ3) is 5.25. The van der Waals surface area contributed by atoms with Crippen LogP contribution in [0.4, 0.5) is 0 Å². The molecule has 2 heterocycles. The molecule has 0 aromatic heterocycles. The summed E-state index contributed by atoms with van der Waals surface area (Å²) in [6.45, 7) is 8.10. The van der Waals surface area contributed by atoms with E-state index in [0.29, 0.717) is 24.9 Å². The second-order valence-electron chi connectivity index (χ2n) is 8.95. The zero-order valence-corrected chi connectivity index (χ0v) is 17.7. The van der Waals surface area contributed by atoms with Crippen molar-refractivity contribution in [2.24, 2.45) is 5.92 Å². The second-order valence-corrected chi connectivity index (χ2v) is 8.95. The quantitative estimate of drug-likeness (QED) is 0.690. The summed E-state index contributed by atoms with van der Waals surface area (Å²) in [6, 6.07) is 6.04. The Labute approximate surface area is 169 Å². The molecule has 1 fully saturated rings. The Morgan fingerprint density at radius 2 is 2.00 bits per heavy atom. The molecule has 156 valence electrons. The molecule has 0 unspecified atom stereocenters. The standard InChI is InChI=1S/C22H36N4O2/c1-15(2)21(14-26-9-7-18(8-10-26)25(3)4)24-22(28)20-12-16-5-6-19(27)11-17(16)13-23-20/h5-6,11,15,18,20-21,23,27H,7-10,12-14H2,1-4H3,(H,24,28)/t20-,21-/m1/s1. The van der Waals surface area contributed by atoms with Gasteiger partial charge in [-0.1, -0.05) is 19.9 Å². The van der Waals surface area contributed by atoms with Crippen molar-refractivity contribution in [2.45, 2.75) is 57.8 Å². The lowest BCUT2D eigenvalue weighted by atomic mass is 9.94. The van der Waals surface area contributed by atoms with E-state index in [9.17, 15) is 9.90 Å². The Balaban J connectivity index is 1.54. The van der Waals surface area contributed by atoms with E-state index in [1.54, 1.807) is 12.1 Å². The molecule has 0 radical (unpaired) electrons. The second kappa shape index (κ2) is 9.25.